The van der Waals surface area contributed by atoms with E-state index < -0.39 is 34.8 Å². The van der Waals surface area contributed by atoms with Gasteiger partial charge in [-0.15, -0.1) is 0 Å². The first kappa shape index (κ1) is 20.2. The number of allylic oxidation sites excluding steroid dienone is 4. The van der Waals surface area contributed by atoms with Crippen LogP contribution in [0.3, 0.4) is 0 Å². The van der Waals surface area contributed by atoms with Gasteiger partial charge in [0, 0.05) is 36.5 Å². The molecule has 0 radical (unpaired) electrons. The van der Waals surface area contributed by atoms with Gasteiger partial charge in [0.25, 0.3) is 0 Å². The summed E-state index contributed by atoms with van der Waals surface area (Å²) in [6.45, 7) is 4.63. The lowest BCUT2D eigenvalue weighted by Crippen LogP contribution is -2.60. The smallest absolute Gasteiger partial charge is 0.303 e. The highest BCUT2D eigenvalue weighted by atomic mass is 16.5. The fraction of sp³-hybridized carbons (Fsp3) is 0.652. The Bertz CT molecular complexity index is 869. The summed E-state index contributed by atoms with van der Waals surface area (Å²) in [5, 5.41) is 11.4. The normalized spacial score (nSPS) is 43.2. The van der Waals surface area contributed by atoms with Gasteiger partial charge in [-0.05, 0) is 37.2 Å². The number of ketones is 3. The molecule has 0 saturated heterocycles. The van der Waals surface area contributed by atoms with Crippen molar-refractivity contribution in [2.24, 2.45) is 28.6 Å². The molecule has 0 aliphatic heterocycles. The van der Waals surface area contributed by atoms with Crippen molar-refractivity contribution in [2.45, 2.75) is 58.5 Å². The molecule has 0 unspecified atom stereocenters. The fourth-order valence-corrected chi connectivity index (χ4v) is 6.69. The van der Waals surface area contributed by atoms with E-state index in [1.165, 1.54) is 6.92 Å². The van der Waals surface area contributed by atoms with Gasteiger partial charge in [0.2, 0.25) is 5.78 Å². The van der Waals surface area contributed by atoms with Crippen LogP contribution in [0, 0.1) is 28.6 Å². The highest BCUT2D eigenvalue weighted by Crippen LogP contribution is 2.65. The summed E-state index contributed by atoms with van der Waals surface area (Å²) in [5.41, 5.74) is -2.00. The van der Waals surface area contributed by atoms with Crippen molar-refractivity contribution in [1.82, 2.24) is 0 Å². The van der Waals surface area contributed by atoms with Gasteiger partial charge in [-0.2, -0.15) is 0 Å². The minimum atomic E-state index is -1.67. The van der Waals surface area contributed by atoms with Crippen molar-refractivity contribution >= 4 is 23.3 Å². The highest BCUT2D eigenvalue weighted by molar-refractivity contribution is 5.96. The molecule has 0 aromatic carbocycles. The SMILES string of the molecule is CC(=O)OCC(=O)[C@@]1(O)CC[C@H]2[C@@H]3CC=C4CC(=O)C=C[C@]4(C)[C@H]3C(=O)C[C@@]21C. The number of Topliss-reactive ketones (excluding diaryl/α,β-unsaturated/α-hetero) is 2. The van der Waals surface area contributed by atoms with Crippen LogP contribution in [0.15, 0.2) is 23.8 Å². The molecule has 0 amide bonds. The van der Waals surface area contributed by atoms with E-state index in [1.54, 1.807) is 6.08 Å². The van der Waals surface area contributed by atoms with Gasteiger partial charge in [-0.3, -0.25) is 19.2 Å². The van der Waals surface area contributed by atoms with E-state index in [0.717, 1.165) is 5.57 Å². The Kier molecular flexibility index (Phi) is 4.50. The van der Waals surface area contributed by atoms with Crippen LogP contribution < -0.4 is 0 Å². The lowest BCUT2D eigenvalue weighted by atomic mass is 9.47. The van der Waals surface area contributed by atoms with Gasteiger partial charge in [0.05, 0.1) is 0 Å². The Labute approximate surface area is 170 Å². The van der Waals surface area contributed by atoms with E-state index in [1.807, 2.05) is 19.9 Å². The zero-order chi connectivity index (χ0) is 21.2. The number of carbonyl (C=O) groups excluding carboxylic acids is 4. The largest absolute Gasteiger partial charge is 0.458 e. The van der Waals surface area contributed by atoms with Crippen molar-refractivity contribution in [2.75, 3.05) is 6.61 Å². The summed E-state index contributed by atoms with van der Waals surface area (Å²) < 4.78 is 4.85. The molecular weight excluding hydrogens is 372 g/mol. The predicted molar refractivity (Wildman–Crippen MR) is 104 cm³/mol. The molecule has 4 rings (SSSR count). The van der Waals surface area contributed by atoms with E-state index in [9.17, 15) is 24.3 Å². The number of ether oxygens (including phenoxy) is 1. The van der Waals surface area contributed by atoms with E-state index in [-0.39, 0.29) is 42.2 Å². The summed E-state index contributed by atoms with van der Waals surface area (Å²) >= 11 is 0. The lowest BCUT2D eigenvalue weighted by molar-refractivity contribution is -0.171. The van der Waals surface area contributed by atoms with E-state index in [2.05, 4.69) is 6.08 Å². The van der Waals surface area contributed by atoms with Crippen molar-refractivity contribution in [3.8, 4) is 0 Å². The lowest BCUT2D eigenvalue weighted by Gasteiger charge is -2.56. The van der Waals surface area contributed by atoms with Crippen LogP contribution in [-0.2, 0) is 23.9 Å². The van der Waals surface area contributed by atoms with E-state index in [0.29, 0.717) is 19.3 Å². The zero-order valence-electron chi connectivity index (χ0n) is 17.2. The maximum Gasteiger partial charge on any atom is 0.303 e. The Hall–Kier alpha value is -2.08. The molecule has 0 aromatic heterocycles. The minimum absolute atomic E-state index is 0.0112. The standard InChI is InChI=1S/C23H28O6/c1-13(24)29-12-19(27)23(28)9-7-17-16-5-4-14-10-15(25)6-8-21(14,2)20(16)18(26)11-22(17,23)3/h4,6,8,16-17,20,28H,5,7,9-12H2,1-3H3/t16-,17-,20+,21-,22-,23-/m0/s1. The number of aliphatic hydroxyl groups is 1. The van der Waals surface area contributed by atoms with Crippen LogP contribution in [0.1, 0.15) is 52.9 Å². The summed E-state index contributed by atoms with van der Waals surface area (Å²) in [5.74, 6) is -1.20. The maximum absolute atomic E-state index is 13.4. The van der Waals surface area contributed by atoms with Gasteiger partial charge in [-0.25, -0.2) is 0 Å². The van der Waals surface area contributed by atoms with Crippen LogP contribution in [-0.4, -0.2) is 40.6 Å². The third-order valence-electron chi connectivity index (χ3n) is 8.24. The molecule has 0 aromatic rings. The first-order valence-electron chi connectivity index (χ1n) is 10.4. The molecule has 29 heavy (non-hydrogen) atoms. The minimum Gasteiger partial charge on any atom is -0.458 e. The first-order chi connectivity index (χ1) is 13.5. The third kappa shape index (κ3) is 2.71. The molecule has 1 N–H and O–H groups in total. The molecule has 6 heteroatoms. The molecule has 2 fully saturated rings. The molecule has 6 nitrogen and oxygen atoms in total. The number of rotatable bonds is 3. The second kappa shape index (κ2) is 6.46. The monoisotopic (exact) mass is 400 g/mol. The van der Waals surface area contributed by atoms with Gasteiger partial charge < -0.3 is 9.84 Å². The van der Waals surface area contributed by atoms with Crippen LogP contribution in [0.25, 0.3) is 0 Å². The van der Waals surface area contributed by atoms with Crippen LogP contribution in [0.5, 0.6) is 0 Å². The first-order valence-corrected chi connectivity index (χ1v) is 10.4. The maximum atomic E-state index is 13.4. The second-order valence-corrected chi connectivity index (χ2v) is 9.64. The fourth-order valence-electron chi connectivity index (χ4n) is 6.69. The van der Waals surface area contributed by atoms with E-state index >= 15 is 0 Å². The van der Waals surface area contributed by atoms with Gasteiger partial charge in [-0.1, -0.05) is 31.6 Å². The summed E-state index contributed by atoms with van der Waals surface area (Å²) in [7, 11) is 0. The molecular formula is C23H28O6. The second-order valence-electron chi connectivity index (χ2n) is 9.64. The molecule has 156 valence electrons. The summed E-state index contributed by atoms with van der Waals surface area (Å²) in [4.78, 5) is 49.3. The number of fused-ring (bicyclic) bond motifs is 5. The van der Waals surface area contributed by atoms with Crippen molar-refractivity contribution < 1.29 is 29.0 Å². The molecule has 4 aliphatic rings. The van der Waals surface area contributed by atoms with Crippen LogP contribution in [0.4, 0.5) is 0 Å². The summed E-state index contributed by atoms with van der Waals surface area (Å²) in [6.07, 6.45) is 7.64. The number of hydrogen-bond donors (Lipinski definition) is 1. The Balaban J connectivity index is 1.68. The van der Waals surface area contributed by atoms with Crippen molar-refractivity contribution in [1.29, 1.82) is 0 Å². The molecule has 4 aliphatic carbocycles. The number of carbonyl (C=O) groups is 4. The molecule has 0 bridgehead atoms. The number of esters is 1. The topological polar surface area (TPSA) is 97.7 Å². The van der Waals surface area contributed by atoms with Gasteiger partial charge in [0.15, 0.2) is 12.4 Å². The zero-order valence-corrected chi connectivity index (χ0v) is 17.2. The van der Waals surface area contributed by atoms with Gasteiger partial charge >= 0.3 is 5.97 Å². The highest BCUT2D eigenvalue weighted by Gasteiger charge is 2.68. The van der Waals surface area contributed by atoms with Gasteiger partial charge in [0.1, 0.15) is 11.4 Å². The Morgan fingerprint density at radius 2 is 2.00 bits per heavy atom. The third-order valence-corrected chi connectivity index (χ3v) is 8.24. The molecule has 6 atom stereocenters. The molecule has 2 saturated carbocycles. The van der Waals surface area contributed by atoms with E-state index in [4.69, 9.17) is 4.74 Å². The average Bonchev–Trinajstić information content (AvgIpc) is 2.91. The van der Waals surface area contributed by atoms with Crippen molar-refractivity contribution in [3.63, 3.8) is 0 Å². The quantitative estimate of drug-likeness (QED) is 0.577. The van der Waals surface area contributed by atoms with Crippen LogP contribution >= 0.6 is 0 Å². The molecule has 0 spiro atoms. The summed E-state index contributed by atoms with van der Waals surface area (Å²) in [6, 6.07) is 0. The Morgan fingerprint density at radius 3 is 2.69 bits per heavy atom. The van der Waals surface area contributed by atoms with Crippen molar-refractivity contribution in [3.05, 3.63) is 23.8 Å². The number of hydrogen-bond acceptors (Lipinski definition) is 6. The molecule has 0 heterocycles. The Morgan fingerprint density at radius 1 is 1.28 bits per heavy atom. The average molecular weight is 400 g/mol. The predicted octanol–water partition coefficient (Wildman–Crippen LogP) is 2.34. The van der Waals surface area contributed by atoms with Crippen LogP contribution in [0.2, 0.25) is 0 Å².